The second-order valence-electron chi connectivity index (χ2n) is 10.7. The molecule has 1 atom stereocenters. The van der Waals surface area contributed by atoms with Gasteiger partial charge in [-0.25, -0.2) is 9.59 Å². The molecule has 0 bridgehead atoms. The Hall–Kier alpha value is -3.33. The first-order valence-electron chi connectivity index (χ1n) is 11.2. The average molecular weight is 513 g/mol. The summed E-state index contributed by atoms with van der Waals surface area (Å²) in [4.78, 5) is 62.8. The van der Waals surface area contributed by atoms with Crippen LogP contribution in [0.4, 0.5) is 4.79 Å². The molecule has 0 saturated carbocycles. The fourth-order valence-electron chi connectivity index (χ4n) is 2.57. The zero-order chi connectivity index (χ0) is 28.5. The number of methoxy groups -OCH3 is 1. The first-order valence-corrected chi connectivity index (χ1v) is 11.2. The predicted molar refractivity (Wildman–Crippen MR) is 131 cm³/mol. The van der Waals surface area contributed by atoms with Gasteiger partial charge in [0.1, 0.15) is 34.9 Å². The highest BCUT2D eigenvalue weighted by atomic mass is 16.6. The molecule has 4 N–H and O–H groups in total. The lowest BCUT2D eigenvalue weighted by molar-refractivity contribution is -0.150. The summed E-state index contributed by atoms with van der Waals surface area (Å²) < 4.78 is 15.1. The maximum Gasteiger partial charge on any atom is 0.408 e. The van der Waals surface area contributed by atoms with Crippen LogP contribution in [0, 0.1) is 12.3 Å². The fourth-order valence-corrected chi connectivity index (χ4v) is 2.57. The molecule has 0 aliphatic carbocycles. The highest BCUT2D eigenvalue weighted by Gasteiger charge is 2.40. The van der Waals surface area contributed by atoms with Crippen LogP contribution in [0.15, 0.2) is 0 Å². The summed E-state index contributed by atoms with van der Waals surface area (Å²) in [6.07, 6.45) is 4.37. The first-order chi connectivity index (χ1) is 16.2. The number of rotatable bonds is 11. The Morgan fingerprint density at radius 2 is 1.33 bits per heavy atom. The number of carbonyl (C=O) groups excluding carboxylic acids is 5. The average Bonchev–Trinajstić information content (AvgIpc) is 2.69. The van der Waals surface area contributed by atoms with Crippen molar-refractivity contribution in [2.24, 2.45) is 0 Å². The second kappa shape index (κ2) is 12.6. The van der Waals surface area contributed by atoms with Crippen LogP contribution in [0.2, 0.25) is 0 Å². The van der Waals surface area contributed by atoms with Crippen LogP contribution in [0.1, 0.15) is 62.3 Å². The normalized spacial score (nSPS) is 12.9. The van der Waals surface area contributed by atoms with Crippen molar-refractivity contribution in [2.45, 2.75) is 90.6 Å². The van der Waals surface area contributed by atoms with Gasteiger partial charge in [0.15, 0.2) is 0 Å². The summed E-state index contributed by atoms with van der Waals surface area (Å²) >= 11 is 0. The zero-order valence-corrected chi connectivity index (χ0v) is 22.8. The van der Waals surface area contributed by atoms with E-state index in [0.717, 1.165) is 0 Å². The molecule has 12 nitrogen and oxygen atoms in total. The molecule has 0 heterocycles. The molecular formula is C24H40N4O8. The molecule has 0 saturated heterocycles. The van der Waals surface area contributed by atoms with E-state index in [-0.39, 0.29) is 13.2 Å². The van der Waals surface area contributed by atoms with Crippen LogP contribution in [0.5, 0.6) is 0 Å². The van der Waals surface area contributed by atoms with Crippen LogP contribution >= 0.6 is 0 Å². The van der Waals surface area contributed by atoms with Gasteiger partial charge in [0.05, 0.1) is 13.7 Å². The number of esters is 1. The lowest BCUT2D eigenvalue weighted by Crippen LogP contribution is -2.65. The summed E-state index contributed by atoms with van der Waals surface area (Å²) in [5.74, 6) is -0.585. The lowest BCUT2D eigenvalue weighted by atomic mass is 9.98. The topological polar surface area (TPSA) is 161 Å². The number of alkyl carbamates (subject to hydrolysis) is 1. The van der Waals surface area contributed by atoms with Crippen molar-refractivity contribution in [2.75, 3.05) is 20.3 Å². The molecule has 0 aromatic heterocycles. The van der Waals surface area contributed by atoms with Crippen molar-refractivity contribution in [3.05, 3.63) is 0 Å². The van der Waals surface area contributed by atoms with Crippen LogP contribution in [-0.4, -0.2) is 78.4 Å². The first kappa shape index (κ1) is 32.7. The number of nitrogens with one attached hydrogen (secondary N) is 4. The number of hydrogen-bond donors (Lipinski definition) is 4. The third-order valence-electron chi connectivity index (χ3n) is 4.60. The maximum atomic E-state index is 13.0. The lowest BCUT2D eigenvalue weighted by Gasteiger charge is -2.33. The minimum atomic E-state index is -1.52. The molecule has 0 aliphatic rings. The summed E-state index contributed by atoms with van der Waals surface area (Å²) in [5.41, 5.74) is -5.11. The van der Waals surface area contributed by atoms with Gasteiger partial charge in [0.2, 0.25) is 17.7 Å². The van der Waals surface area contributed by atoms with Crippen molar-refractivity contribution in [3.8, 4) is 12.3 Å². The third-order valence-corrected chi connectivity index (χ3v) is 4.60. The summed E-state index contributed by atoms with van der Waals surface area (Å²) in [6.45, 7) is 13.2. The van der Waals surface area contributed by atoms with Gasteiger partial charge in [-0.05, 0) is 62.3 Å². The summed E-state index contributed by atoms with van der Waals surface area (Å²) in [6, 6.07) is -1.25. The van der Waals surface area contributed by atoms with E-state index < -0.39 is 58.0 Å². The molecule has 12 heteroatoms. The quantitative estimate of drug-likeness (QED) is 0.176. The van der Waals surface area contributed by atoms with E-state index in [9.17, 15) is 24.0 Å². The number of amides is 4. The van der Waals surface area contributed by atoms with E-state index in [0.29, 0.717) is 0 Å². The molecule has 0 radical (unpaired) electrons. The summed E-state index contributed by atoms with van der Waals surface area (Å²) in [5, 5.41) is 10.00. The van der Waals surface area contributed by atoms with Gasteiger partial charge in [0, 0.05) is 0 Å². The third kappa shape index (κ3) is 10.9. The molecule has 0 rings (SSSR count). The Bertz CT molecular complexity index is 882. The van der Waals surface area contributed by atoms with E-state index in [2.05, 4.69) is 31.9 Å². The van der Waals surface area contributed by atoms with Gasteiger partial charge < -0.3 is 35.5 Å². The molecule has 0 aromatic carbocycles. The number of terminal acetylenes is 1. The second-order valence-corrected chi connectivity index (χ2v) is 10.7. The monoisotopic (exact) mass is 512 g/mol. The van der Waals surface area contributed by atoms with Crippen molar-refractivity contribution < 1.29 is 38.2 Å². The van der Waals surface area contributed by atoms with Gasteiger partial charge in [-0.15, -0.1) is 6.42 Å². The predicted octanol–water partition coefficient (Wildman–Crippen LogP) is 0.387. The molecular weight excluding hydrogens is 472 g/mol. The standard InChI is InChI=1S/C24H40N4O8/c1-12-13-35-14-15(16(29)26-24(9,10)19(32)34-11)25-17(30)22(5,6)27-18(31)23(7,8)28-20(33)36-21(2,3)4/h1,15H,13-14H2,2-11H3,(H,25,30)(H,26,29)(H,27,31)(H,28,33)/t15-/m0/s1. The molecule has 0 fully saturated rings. The molecule has 0 aromatic rings. The Labute approximate surface area is 212 Å². The van der Waals surface area contributed by atoms with Gasteiger partial charge >= 0.3 is 12.1 Å². The molecule has 4 amide bonds. The number of carbonyl (C=O) groups is 5. The Morgan fingerprint density at radius 3 is 1.81 bits per heavy atom. The van der Waals surface area contributed by atoms with E-state index in [1.807, 2.05) is 0 Å². The number of hydrogen-bond acceptors (Lipinski definition) is 8. The van der Waals surface area contributed by atoms with Crippen molar-refractivity contribution in [1.82, 2.24) is 21.3 Å². The maximum absolute atomic E-state index is 13.0. The smallest absolute Gasteiger partial charge is 0.408 e. The Kier molecular flexibility index (Phi) is 11.4. The SMILES string of the molecule is C#CCOC[C@H](NC(=O)C(C)(C)NC(=O)C(C)(C)NC(=O)OC(C)(C)C)C(=O)NC(C)(C)C(=O)OC. The van der Waals surface area contributed by atoms with Crippen LogP contribution < -0.4 is 21.3 Å². The highest BCUT2D eigenvalue weighted by molar-refractivity contribution is 5.98. The van der Waals surface area contributed by atoms with Crippen molar-refractivity contribution in [3.63, 3.8) is 0 Å². The molecule has 0 spiro atoms. The largest absolute Gasteiger partial charge is 0.467 e. The Morgan fingerprint density at radius 1 is 0.806 bits per heavy atom. The van der Waals surface area contributed by atoms with E-state index >= 15 is 0 Å². The van der Waals surface area contributed by atoms with Crippen LogP contribution in [-0.2, 0) is 33.4 Å². The van der Waals surface area contributed by atoms with Crippen molar-refractivity contribution in [1.29, 1.82) is 0 Å². The fraction of sp³-hybridized carbons (Fsp3) is 0.708. The van der Waals surface area contributed by atoms with Crippen LogP contribution in [0.25, 0.3) is 0 Å². The minimum Gasteiger partial charge on any atom is -0.467 e. The molecule has 36 heavy (non-hydrogen) atoms. The van der Waals surface area contributed by atoms with Gasteiger partial charge in [-0.2, -0.15) is 0 Å². The number of ether oxygens (including phenoxy) is 3. The van der Waals surface area contributed by atoms with Crippen LogP contribution in [0.3, 0.4) is 0 Å². The zero-order valence-electron chi connectivity index (χ0n) is 22.8. The van der Waals surface area contributed by atoms with E-state index in [1.54, 1.807) is 20.8 Å². The molecule has 204 valence electrons. The molecule has 0 unspecified atom stereocenters. The van der Waals surface area contributed by atoms with Gasteiger partial charge in [0.25, 0.3) is 0 Å². The van der Waals surface area contributed by atoms with Crippen molar-refractivity contribution >= 4 is 29.8 Å². The summed E-state index contributed by atoms with van der Waals surface area (Å²) in [7, 11) is 1.18. The molecule has 0 aliphatic heterocycles. The highest BCUT2D eigenvalue weighted by Crippen LogP contribution is 2.12. The van der Waals surface area contributed by atoms with Gasteiger partial charge in [-0.3, -0.25) is 14.4 Å². The Balaban J connectivity index is 5.50. The van der Waals surface area contributed by atoms with E-state index in [1.165, 1.54) is 48.7 Å². The minimum absolute atomic E-state index is 0.120. The van der Waals surface area contributed by atoms with Gasteiger partial charge in [-0.1, -0.05) is 5.92 Å². The van der Waals surface area contributed by atoms with E-state index in [4.69, 9.17) is 15.9 Å².